The summed E-state index contributed by atoms with van der Waals surface area (Å²) in [7, 11) is 0. The maximum absolute atomic E-state index is 4.45. The van der Waals surface area contributed by atoms with E-state index in [1.165, 1.54) is 5.69 Å². The maximum Gasteiger partial charge on any atom is 0.203 e. The largest absolute Gasteiger partial charge is 0.340 e. The summed E-state index contributed by atoms with van der Waals surface area (Å²) in [5.74, 6) is 1.02. The molecular weight excluding hydrogens is 188 g/mol. The van der Waals surface area contributed by atoms with Gasteiger partial charge in [-0.25, -0.2) is 4.98 Å². The van der Waals surface area contributed by atoms with E-state index in [2.05, 4.69) is 41.0 Å². The number of imidazole rings is 1. The van der Waals surface area contributed by atoms with Crippen LogP contribution >= 0.6 is 0 Å². The molecule has 0 unspecified atom stereocenters. The molecule has 1 saturated heterocycles. The molecule has 4 heteroatoms. The molecule has 4 nitrogen and oxygen atoms in total. The molecule has 0 aromatic carbocycles. The van der Waals surface area contributed by atoms with E-state index >= 15 is 0 Å². The smallest absolute Gasteiger partial charge is 0.203 e. The molecular formula is C11H20N4. The van der Waals surface area contributed by atoms with Crippen LogP contribution in [0.15, 0.2) is 6.20 Å². The highest BCUT2D eigenvalue weighted by molar-refractivity contribution is 5.33. The molecule has 0 aliphatic carbocycles. The Morgan fingerprint density at radius 3 is 2.47 bits per heavy atom. The summed E-state index contributed by atoms with van der Waals surface area (Å²) in [5, 5.41) is 3.34. The van der Waals surface area contributed by atoms with Gasteiger partial charge in [0.1, 0.15) is 0 Å². The minimum absolute atomic E-state index is 0.152. The van der Waals surface area contributed by atoms with Gasteiger partial charge < -0.3 is 15.2 Å². The number of rotatable bonds is 1. The van der Waals surface area contributed by atoms with Gasteiger partial charge in [-0.3, -0.25) is 0 Å². The number of nitrogens with one attached hydrogen (secondary N) is 2. The summed E-state index contributed by atoms with van der Waals surface area (Å²) >= 11 is 0. The first kappa shape index (κ1) is 10.5. The fraction of sp³-hybridized carbons (Fsp3) is 0.727. The number of anilines is 1. The van der Waals surface area contributed by atoms with E-state index in [0.29, 0.717) is 0 Å². The molecule has 1 aliphatic heterocycles. The van der Waals surface area contributed by atoms with Crippen molar-refractivity contribution >= 4 is 5.95 Å². The van der Waals surface area contributed by atoms with Crippen LogP contribution < -0.4 is 10.2 Å². The highest BCUT2D eigenvalue weighted by atomic mass is 15.3. The minimum Gasteiger partial charge on any atom is -0.340 e. The predicted molar refractivity (Wildman–Crippen MR) is 62.4 cm³/mol. The van der Waals surface area contributed by atoms with Crippen LogP contribution in [-0.4, -0.2) is 36.1 Å². The molecule has 1 aromatic rings. The summed E-state index contributed by atoms with van der Waals surface area (Å²) in [6.07, 6.45) is 1.96. The average Bonchev–Trinajstić information content (AvgIpc) is 2.67. The lowest BCUT2D eigenvalue weighted by Gasteiger charge is -2.27. The van der Waals surface area contributed by atoms with E-state index in [0.717, 1.165) is 32.1 Å². The second kappa shape index (κ2) is 3.85. The number of aromatic amines is 1. The van der Waals surface area contributed by atoms with Crippen molar-refractivity contribution in [1.82, 2.24) is 15.3 Å². The number of H-pyrrole nitrogens is 1. The van der Waals surface area contributed by atoms with E-state index in [4.69, 9.17) is 0 Å². The molecule has 0 saturated carbocycles. The van der Waals surface area contributed by atoms with E-state index in [1.807, 2.05) is 6.20 Å². The molecule has 0 amide bonds. The number of hydrogen-bond donors (Lipinski definition) is 2. The van der Waals surface area contributed by atoms with E-state index in [9.17, 15) is 0 Å². The van der Waals surface area contributed by atoms with Crippen LogP contribution in [0.25, 0.3) is 0 Å². The van der Waals surface area contributed by atoms with Crippen molar-refractivity contribution in [2.24, 2.45) is 0 Å². The molecule has 1 aromatic heterocycles. The van der Waals surface area contributed by atoms with Gasteiger partial charge in [0.05, 0.1) is 6.20 Å². The number of hydrogen-bond acceptors (Lipinski definition) is 3. The van der Waals surface area contributed by atoms with Crippen LogP contribution in [0.1, 0.15) is 26.5 Å². The zero-order valence-electron chi connectivity index (χ0n) is 9.80. The molecule has 2 rings (SSSR count). The van der Waals surface area contributed by atoms with Crippen LogP contribution in [0.2, 0.25) is 0 Å². The van der Waals surface area contributed by atoms with Gasteiger partial charge in [0.25, 0.3) is 0 Å². The normalized spacial score (nSPS) is 18.2. The third-order valence-corrected chi connectivity index (χ3v) is 2.79. The Hall–Kier alpha value is -1.03. The van der Waals surface area contributed by atoms with Gasteiger partial charge in [0.15, 0.2) is 0 Å². The highest BCUT2D eigenvalue weighted by Crippen LogP contribution is 2.22. The fourth-order valence-electron chi connectivity index (χ4n) is 1.73. The Morgan fingerprint density at radius 2 is 1.93 bits per heavy atom. The molecule has 84 valence electrons. The zero-order valence-corrected chi connectivity index (χ0v) is 9.80. The predicted octanol–water partition coefficient (Wildman–Crippen LogP) is 1.12. The van der Waals surface area contributed by atoms with Gasteiger partial charge in [-0.15, -0.1) is 0 Å². The van der Waals surface area contributed by atoms with Crippen LogP contribution in [0.5, 0.6) is 0 Å². The lowest BCUT2D eigenvalue weighted by atomic mass is 9.93. The summed E-state index contributed by atoms with van der Waals surface area (Å²) in [6.45, 7) is 10.8. The summed E-state index contributed by atoms with van der Waals surface area (Å²) in [5.41, 5.74) is 1.36. The topological polar surface area (TPSA) is 44.0 Å². The Kier molecular flexibility index (Phi) is 2.69. The first-order valence-electron chi connectivity index (χ1n) is 5.58. The van der Waals surface area contributed by atoms with Gasteiger partial charge in [0.2, 0.25) is 5.95 Å². The SMILES string of the molecule is CC(C)(C)c1cnc(N2CCNCC2)[nH]1. The van der Waals surface area contributed by atoms with Gasteiger partial charge in [0, 0.05) is 37.3 Å². The van der Waals surface area contributed by atoms with E-state index in [1.54, 1.807) is 0 Å². The van der Waals surface area contributed by atoms with E-state index in [-0.39, 0.29) is 5.41 Å². The quantitative estimate of drug-likeness (QED) is 0.727. The molecule has 0 spiro atoms. The Morgan fingerprint density at radius 1 is 1.27 bits per heavy atom. The molecule has 0 radical (unpaired) electrons. The van der Waals surface area contributed by atoms with Crippen LogP contribution in [0.4, 0.5) is 5.95 Å². The molecule has 2 N–H and O–H groups in total. The van der Waals surface area contributed by atoms with Crippen molar-refractivity contribution in [3.63, 3.8) is 0 Å². The summed E-state index contributed by atoms with van der Waals surface area (Å²) < 4.78 is 0. The molecule has 0 atom stereocenters. The summed E-state index contributed by atoms with van der Waals surface area (Å²) in [6, 6.07) is 0. The highest BCUT2D eigenvalue weighted by Gasteiger charge is 2.19. The number of aromatic nitrogens is 2. The van der Waals surface area contributed by atoms with Gasteiger partial charge >= 0.3 is 0 Å². The maximum atomic E-state index is 4.45. The third-order valence-electron chi connectivity index (χ3n) is 2.79. The fourth-order valence-corrected chi connectivity index (χ4v) is 1.73. The van der Waals surface area contributed by atoms with Crippen LogP contribution in [-0.2, 0) is 5.41 Å². The second-order valence-corrected chi connectivity index (χ2v) is 5.11. The Balaban J connectivity index is 2.12. The minimum atomic E-state index is 0.152. The van der Waals surface area contributed by atoms with Crippen molar-refractivity contribution in [2.45, 2.75) is 26.2 Å². The van der Waals surface area contributed by atoms with Gasteiger partial charge in [-0.2, -0.15) is 0 Å². The zero-order chi connectivity index (χ0) is 10.9. The first-order valence-corrected chi connectivity index (χ1v) is 5.58. The molecule has 1 fully saturated rings. The van der Waals surface area contributed by atoms with E-state index < -0.39 is 0 Å². The molecule has 2 heterocycles. The van der Waals surface area contributed by atoms with Crippen molar-refractivity contribution in [2.75, 3.05) is 31.1 Å². The van der Waals surface area contributed by atoms with Crippen molar-refractivity contribution < 1.29 is 0 Å². The van der Waals surface area contributed by atoms with Gasteiger partial charge in [-0.05, 0) is 0 Å². The van der Waals surface area contributed by atoms with Gasteiger partial charge in [-0.1, -0.05) is 20.8 Å². The lowest BCUT2D eigenvalue weighted by molar-refractivity contribution is 0.564. The van der Waals surface area contributed by atoms with Crippen molar-refractivity contribution in [1.29, 1.82) is 0 Å². The van der Waals surface area contributed by atoms with Crippen molar-refractivity contribution in [3.8, 4) is 0 Å². The first-order chi connectivity index (χ1) is 7.07. The molecule has 1 aliphatic rings. The van der Waals surface area contributed by atoms with Crippen molar-refractivity contribution in [3.05, 3.63) is 11.9 Å². The second-order valence-electron chi connectivity index (χ2n) is 5.11. The average molecular weight is 208 g/mol. The van der Waals surface area contributed by atoms with Crippen LogP contribution in [0.3, 0.4) is 0 Å². The monoisotopic (exact) mass is 208 g/mol. The number of nitrogens with zero attached hydrogens (tertiary/aromatic N) is 2. The summed E-state index contributed by atoms with van der Waals surface area (Å²) in [4.78, 5) is 10.2. The van der Waals surface area contributed by atoms with Crippen LogP contribution in [0, 0.1) is 0 Å². The Bertz CT molecular complexity index is 318. The lowest BCUT2D eigenvalue weighted by Crippen LogP contribution is -2.44. The molecule has 15 heavy (non-hydrogen) atoms. The third kappa shape index (κ3) is 2.31. The molecule has 0 bridgehead atoms. The Labute approximate surface area is 91.1 Å². The standard InChI is InChI=1S/C11H20N4/c1-11(2,3)9-8-13-10(14-9)15-6-4-12-5-7-15/h8,12H,4-7H2,1-3H3,(H,13,14). The number of piperazine rings is 1.